The summed E-state index contributed by atoms with van der Waals surface area (Å²) in [4.78, 5) is 29.4. The molecule has 3 saturated heterocycles. The number of amides is 2. The Morgan fingerprint density at radius 1 is 0.696 bits per heavy atom. The Kier molecular flexibility index (Phi) is 3.82. The molecule has 0 radical (unpaired) electrons. The smallest absolute Gasteiger partial charge is 0.238 e. The molecule has 3 aliphatic heterocycles. The molecule has 2 amide bonds. The molecule has 4 aliphatic rings. The molecule has 0 unspecified atom stereocenters. The molecule has 0 aromatic heterocycles. The van der Waals surface area contributed by atoms with Gasteiger partial charge in [-0.3, -0.25) is 9.59 Å². The predicted molar refractivity (Wildman–Crippen MR) is 79.5 cm³/mol. The standard InChI is InChI=1S/C16H24N2O5/c19-13(17-5-3-16(4-6-17)22-11-12-23-16)15(1-2-15)14(20)18-7-9-21-10-8-18/h1-12H2. The molecule has 4 rings (SSSR count). The highest BCUT2D eigenvalue weighted by atomic mass is 16.7. The third kappa shape index (κ3) is 2.64. The van der Waals surface area contributed by atoms with Crippen LogP contribution in [0.5, 0.6) is 0 Å². The van der Waals surface area contributed by atoms with Crippen molar-refractivity contribution in [2.45, 2.75) is 31.5 Å². The lowest BCUT2D eigenvalue weighted by atomic mass is 9.98. The summed E-state index contributed by atoms with van der Waals surface area (Å²) in [5.41, 5.74) is -0.792. The fourth-order valence-corrected chi connectivity index (χ4v) is 3.85. The molecular formula is C16H24N2O5. The number of hydrogen-bond acceptors (Lipinski definition) is 5. The summed E-state index contributed by atoms with van der Waals surface area (Å²) in [6.45, 7) is 4.81. The van der Waals surface area contributed by atoms with Gasteiger partial charge in [0.1, 0.15) is 5.41 Å². The van der Waals surface area contributed by atoms with Gasteiger partial charge >= 0.3 is 0 Å². The van der Waals surface area contributed by atoms with E-state index in [1.165, 1.54) is 0 Å². The first-order valence-corrected chi connectivity index (χ1v) is 8.60. The van der Waals surface area contributed by atoms with Gasteiger partial charge in [0.15, 0.2) is 5.79 Å². The Hall–Kier alpha value is -1.18. The molecule has 0 bridgehead atoms. The number of carbonyl (C=O) groups excluding carboxylic acids is 2. The Morgan fingerprint density at radius 3 is 1.74 bits per heavy atom. The highest BCUT2D eigenvalue weighted by Crippen LogP contribution is 2.49. The summed E-state index contributed by atoms with van der Waals surface area (Å²) in [6, 6.07) is 0. The second-order valence-electron chi connectivity index (χ2n) is 6.89. The van der Waals surface area contributed by atoms with Gasteiger partial charge in [-0.1, -0.05) is 0 Å². The molecule has 7 heteroatoms. The number of rotatable bonds is 2. The lowest BCUT2D eigenvalue weighted by molar-refractivity contribution is -0.189. The summed E-state index contributed by atoms with van der Waals surface area (Å²) in [7, 11) is 0. The topological polar surface area (TPSA) is 68.3 Å². The largest absolute Gasteiger partial charge is 0.378 e. The van der Waals surface area contributed by atoms with E-state index < -0.39 is 11.2 Å². The van der Waals surface area contributed by atoms with Crippen LogP contribution in [0.1, 0.15) is 25.7 Å². The SMILES string of the molecule is O=C(N1CCOCC1)C1(C(=O)N2CCC3(CC2)OCCO3)CC1. The predicted octanol–water partition coefficient (Wildman–Crippen LogP) is -0.00910. The van der Waals surface area contributed by atoms with Crippen LogP contribution in [0.15, 0.2) is 0 Å². The zero-order valence-corrected chi connectivity index (χ0v) is 13.4. The number of piperidine rings is 1. The van der Waals surface area contributed by atoms with Crippen LogP contribution in [0, 0.1) is 5.41 Å². The Bertz CT molecular complexity index is 483. The van der Waals surface area contributed by atoms with Crippen LogP contribution < -0.4 is 0 Å². The Morgan fingerprint density at radius 2 is 1.22 bits per heavy atom. The molecule has 23 heavy (non-hydrogen) atoms. The first-order valence-electron chi connectivity index (χ1n) is 8.60. The minimum Gasteiger partial charge on any atom is -0.378 e. The van der Waals surface area contributed by atoms with Gasteiger partial charge in [-0.05, 0) is 12.8 Å². The van der Waals surface area contributed by atoms with Crippen LogP contribution in [-0.4, -0.2) is 80.0 Å². The van der Waals surface area contributed by atoms with Crippen molar-refractivity contribution in [3.63, 3.8) is 0 Å². The van der Waals surface area contributed by atoms with Crippen LogP contribution in [0.2, 0.25) is 0 Å². The molecule has 7 nitrogen and oxygen atoms in total. The van der Waals surface area contributed by atoms with E-state index in [9.17, 15) is 9.59 Å². The number of nitrogens with zero attached hydrogens (tertiary/aromatic N) is 2. The van der Waals surface area contributed by atoms with Crippen molar-refractivity contribution in [2.75, 3.05) is 52.6 Å². The zero-order valence-electron chi connectivity index (χ0n) is 13.4. The fraction of sp³-hybridized carbons (Fsp3) is 0.875. The normalized spacial score (nSPS) is 28.9. The molecular weight excluding hydrogens is 300 g/mol. The first kappa shape index (κ1) is 15.4. The highest BCUT2D eigenvalue weighted by Gasteiger charge is 2.60. The summed E-state index contributed by atoms with van der Waals surface area (Å²) in [5, 5.41) is 0. The average molecular weight is 324 g/mol. The quantitative estimate of drug-likeness (QED) is 0.669. The fourth-order valence-electron chi connectivity index (χ4n) is 3.85. The molecule has 0 aromatic rings. The molecule has 0 atom stereocenters. The van der Waals surface area contributed by atoms with Crippen LogP contribution in [0.25, 0.3) is 0 Å². The number of morpholine rings is 1. The van der Waals surface area contributed by atoms with Crippen LogP contribution in [-0.2, 0) is 23.8 Å². The second kappa shape index (κ2) is 5.72. The Balaban J connectivity index is 1.39. The first-order chi connectivity index (χ1) is 11.2. The van der Waals surface area contributed by atoms with Crippen molar-refractivity contribution < 1.29 is 23.8 Å². The zero-order chi connectivity index (χ0) is 15.9. The summed E-state index contributed by atoms with van der Waals surface area (Å²) in [5.74, 6) is -0.483. The van der Waals surface area contributed by atoms with E-state index in [-0.39, 0.29) is 11.8 Å². The van der Waals surface area contributed by atoms with Crippen LogP contribution >= 0.6 is 0 Å². The minimum atomic E-state index is -0.792. The maximum Gasteiger partial charge on any atom is 0.238 e. The van der Waals surface area contributed by atoms with Crippen molar-refractivity contribution in [3.05, 3.63) is 0 Å². The van der Waals surface area contributed by atoms with Crippen LogP contribution in [0.3, 0.4) is 0 Å². The third-order valence-corrected chi connectivity index (χ3v) is 5.49. The van der Waals surface area contributed by atoms with Crippen LogP contribution in [0.4, 0.5) is 0 Å². The van der Waals surface area contributed by atoms with Gasteiger partial charge < -0.3 is 24.0 Å². The van der Waals surface area contributed by atoms with E-state index in [4.69, 9.17) is 14.2 Å². The van der Waals surface area contributed by atoms with Gasteiger partial charge in [0.05, 0.1) is 26.4 Å². The van der Waals surface area contributed by atoms with Gasteiger partial charge in [0, 0.05) is 39.0 Å². The highest BCUT2D eigenvalue weighted by molar-refractivity contribution is 6.07. The molecule has 1 spiro atoms. The van der Waals surface area contributed by atoms with Gasteiger partial charge in [-0.15, -0.1) is 0 Å². The monoisotopic (exact) mass is 324 g/mol. The van der Waals surface area contributed by atoms with Gasteiger partial charge in [0.2, 0.25) is 11.8 Å². The van der Waals surface area contributed by atoms with Crippen molar-refractivity contribution in [1.82, 2.24) is 9.80 Å². The van der Waals surface area contributed by atoms with E-state index in [1.807, 2.05) is 4.90 Å². The second-order valence-corrected chi connectivity index (χ2v) is 6.89. The molecule has 0 N–H and O–H groups in total. The van der Waals surface area contributed by atoms with E-state index >= 15 is 0 Å². The third-order valence-electron chi connectivity index (χ3n) is 5.49. The van der Waals surface area contributed by atoms with E-state index in [1.54, 1.807) is 4.90 Å². The van der Waals surface area contributed by atoms with Crippen molar-refractivity contribution in [2.24, 2.45) is 5.41 Å². The summed E-state index contributed by atoms with van der Waals surface area (Å²) in [6.07, 6.45) is 2.74. The number of hydrogen-bond donors (Lipinski definition) is 0. The van der Waals surface area contributed by atoms with E-state index in [0.29, 0.717) is 78.3 Å². The summed E-state index contributed by atoms with van der Waals surface area (Å²) < 4.78 is 16.7. The lowest BCUT2D eigenvalue weighted by Crippen LogP contribution is -2.53. The average Bonchev–Trinajstić information content (AvgIpc) is 3.30. The number of ether oxygens (including phenoxy) is 3. The molecule has 0 aromatic carbocycles. The summed E-state index contributed by atoms with van der Waals surface area (Å²) >= 11 is 0. The minimum absolute atomic E-state index is 0.000506. The van der Waals surface area contributed by atoms with Gasteiger partial charge in [0.25, 0.3) is 0 Å². The Labute approximate surface area is 135 Å². The van der Waals surface area contributed by atoms with Crippen molar-refractivity contribution >= 4 is 11.8 Å². The van der Waals surface area contributed by atoms with E-state index in [2.05, 4.69) is 0 Å². The molecule has 4 fully saturated rings. The number of carbonyl (C=O) groups is 2. The molecule has 128 valence electrons. The molecule has 1 saturated carbocycles. The maximum atomic E-state index is 12.9. The molecule has 1 aliphatic carbocycles. The van der Waals surface area contributed by atoms with Gasteiger partial charge in [-0.25, -0.2) is 0 Å². The number of likely N-dealkylation sites (tertiary alicyclic amines) is 1. The van der Waals surface area contributed by atoms with Crippen molar-refractivity contribution in [1.29, 1.82) is 0 Å². The van der Waals surface area contributed by atoms with Crippen molar-refractivity contribution in [3.8, 4) is 0 Å². The maximum absolute atomic E-state index is 12.9. The molecule has 3 heterocycles. The van der Waals surface area contributed by atoms with E-state index in [0.717, 1.165) is 0 Å². The lowest BCUT2D eigenvalue weighted by Gasteiger charge is -2.39. The van der Waals surface area contributed by atoms with Gasteiger partial charge in [-0.2, -0.15) is 0 Å².